The lowest BCUT2D eigenvalue weighted by Crippen LogP contribution is -2.21. The molecule has 0 aliphatic rings. The first-order valence-electron chi connectivity index (χ1n) is 4.05. The second-order valence-electron chi connectivity index (χ2n) is 2.34. The van der Waals surface area contributed by atoms with Crippen LogP contribution in [0.1, 0.15) is 6.42 Å². The van der Waals surface area contributed by atoms with E-state index in [2.05, 4.69) is 23.8 Å². The van der Waals surface area contributed by atoms with Gasteiger partial charge in [0.15, 0.2) is 0 Å². The molecule has 0 radical (unpaired) electrons. The standard InChI is InChI=1S/C9H18N2.3ClH/c1-3-6-10-8-5-9-11-7-4-2;;;/h3-4,10-11H,1-2,5-9H2;3*1H. The van der Waals surface area contributed by atoms with Gasteiger partial charge in [0, 0.05) is 13.1 Å². The van der Waals surface area contributed by atoms with E-state index in [1.807, 2.05) is 12.2 Å². The topological polar surface area (TPSA) is 24.1 Å². The lowest BCUT2D eigenvalue weighted by atomic mass is 10.4. The molecule has 5 heteroatoms. The molecule has 0 aliphatic carbocycles. The molecular formula is C9H21Cl3N2. The number of nitrogens with one attached hydrogen (secondary N) is 2. The van der Waals surface area contributed by atoms with Gasteiger partial charge in [-0.05, 0) is 19.5 Å². The molecule has 2 N–H and O–H groups in total. The molecule has 0 saturated heterocycles. The fraction of sp³-hybridized carbons (Fsp3) is 0.556. The third kappa shape index (κ3) is 22.8. The van der Waals surface area contributed by atoms with Gasteiger partial charge in [-0.3, -0.25) is 0 Å². The maximum absolute atomic E-state index is 3.62. The minimum absolute atomic E-state index is 0. The number of halogens is 3. The van der Waals surface area contributed by atoms with Gasteiger partial charge in [-0.15, -0.1) is 50.4 Å². The van der Waals surface area contributed by atoms with E-state index in [1.54, 1.807) is 0 Å². The molecule has 88 valence electrons. The molecule has 0 aromatic carbocycles. The zero-order chi connectivity index (χ0) is 8.36. The van der Waals surface area contributed by atoms with Crippen molar-refractivity contribution >= 4 is 37.2 Å². The summed E-state index contributed by atoms with van der Waals surface area (Å²) in [6, 6.07) is 0. The van der Waals surface area contributed by atoms with Crippen LogP contribution in [0.3, 0.4) is 0 Å². The lowest BCUT2D eigenvalue weighted by Gasteiger charge is -2.01. The minimum atomic E-state index is 0. The molecule has 0 aromatic rings. The third-order valence-corrected chi connectivity index (χ3v) is 1.28. The summed E-state index contributed by atoms with van der Waals surface area (Å²) in [4.78, 5) is 0. The van der Waals surface area contributed by atoms with Crippen molar-refractivity contribution in [3.05, 3.63) is 25.3 Å². The van der Waals surface area contributed by atoms with Crippen LogP contribution in [-0.4, -0.2) is 26.2 Å². The molecule has 14 heavy (non-hydrogen) atoms. The summed E-state index contributed by atoms with van der Waals surface area (Å²) in [5.74, 6) is 0. The van der Waals surface area contributed by atoms with Gasteiger partial charge in [-0.1, -0.05) is 12.2 Å². The Morgan fingerprint density at radius 3 is 1.43 bits per heavy atom. The van der Waals surface area contributed by atoms with Gasteiger partial charge in [-0.2, -0.15) is 0 Å². The molecular weight excluding hydrogens is 242 g/mol. The van der Waals surface area contributed by atoms with Crippen molar-refractivity contribution in [1.82, 2.24) is 10.6 Å². The van der Waals surface area contributed by atoms with Crippen molar-refractivity contribution in [2.24, 2.45) is 0 Å². The van der Waals surface area contributed by atoms with Crippen LogP contribution in [0.25, 0.3) is 0 Å². The predicted molar refractivity (Wildman–Crippen MR) is 72.5 cm³/mol. The van der Waals surface area contributed by atoms with E-state index >= 15 is 0 Å². The smallest absolute Gasteiger partial charge is 0.0132 e. The summed E-state index contributed by atoms with van der Waals surface area (Å²) in [5, 5.41) is 6.46. The highest BCUT2D eigenvalue weighted by Crippen LogP contribution is 1.72. The van der Waals surface area contributed by atoms with Crippen LogP contribution >= 0.6 is 37.2 Å². The van der Waals surface area contributed by atoms with Crippen LogP contribution in [0.5, 0.6) is 0 Å². The van der Waals surface area contributed by atoms with E-state index in [0.717, 1.165) is 32.6 Å². The molecule has 0 atom stereocenters. The Bertz CT molecular complexity index is 98.2. The highest BCUT2D eigenvalue weighted by atomic mass is 35.5. The van der Waals surface area contributed by atoms with Crippen LogP contribution in [0.2, 0.25) is 0 Å². The lowest BCUT2D eigenvalue weighted by molar-refractivity contribution is 0.640. The Hall–Kier alpha value is 0.270. The maximum atomic E-state index is 3.62. The van der Waals surface area contributed by atoms with Gasteiger partial charge in [-0.25, -0.2) is 0 Å². The van der Waals surface area contributed by atoms with Gasteiger partial charge >= 0.3 is 0 Å². The van der Waals surface area contributed by atoms with Crippen LogP contribution in [0.4, 0.5) is 0 Å². The summed E-state index contributed by atoms with van der Waals surface area (Å²) in [6.45, 7) is 11.1. The number of rotatable bonds is 8. The highest BCUT2D eigenvalue weighted by molar-refractivity contribution is 5.86. The Morgan fingerprint density at radius 1 is 0.786 bits per heavy atom. The number of hydrogen-bond acceptors (Lipinski definition) is 2. The van der Waals surface area contributed by atoms with Crippen LogP contribution < -0.4 is 10.6 Å². The molecule has 0 spiro atoms. The number of hydrogen-bond donors (Lipinski definition) is 2. The van der Waals surface area contributed by atoms with Gasteiger partial charge in [0.05, 0.1) is 0 Å². The highest BCUT2D eigenvalue weighted by Gasteiger charge is 1.84. The summed E-state index contributed by atoms with van der Waals surface area (Å²) in [6.07, 6.45) is 4.90. The van der Waals surface area contributed by atoms with Gasteiger partial charge in [0.1, 0.15) is 0 Å². The minimum Gasteiger partial charge on any atom is -0.313 e. The van der Waals surface area contributed by atoms with Crippen molar-refractivity contribution in [3.63, 3.8) is 0 Å². The van der Waals surface area contributed by atoms with Crippen molar-refractivity contribution in [1.29, 1.82) is 0 Å². The summed E-state index contributed by atoms with van der Waals surface area (Å²) in [7, 11) is 0. The molecule has 0 unspecified atom stereocenters. The SMILES string of the molecule is C=CCNCCCNCC=C.Cl.Cl.Cl. The molecule has 0 saturated carbocycles. The fourth-order valence-corrected chi connectivity index (χ4v) is 0.747. The Balaban J connectivity index is -0.000000167. The second kappa shape index (κ2) is 23.2. The van der Waals surface area contributed by atoms with Crippen molar-refractivity contribution in [2.45, 2.75) is 6.42 Å². The zero-order valence-electron chi connectivity index (χ0n) is 8.33. The Kier molecular flexibility index (Phi) is 39.6. The van der Waals surface area contributed by atoms with E-state index in [9.17, 15) is 0 Å². The molecule has 0 aromatic heterocycles. The van der Waals surface area contributed by atoms with Gasteiger partial charge in [0.2, 0.25) is 0 Å². The molecule has 0 bridgehead atoms. The third-order valence-electron chi connectivity index (χ3n) is 1.28. The first-order chi connectivity index (χ1) is 5.41. The maximum Gasteiger partial charge on any atom is 0.0132 e. The largest absolute Gasteiger partial charge is 0.313 e. The van der Waals surface area contributed by atoms with Crippen LogP contribution in [-0.2, 0) is 0 Å². The normalized spacial score (nSPS) is 7.43. The van der Waals surface area contributed by atoms with E-state index in [0.29, 0.717) is 0 Å². The molecule has 0 heterocycles. The Morgan fingerprint density at radius 2 is 1.14 bits per heavy atom. The monoisotopic (exact) mass is 262 g/mol. The molecule has 2 nitrogen and oxygen atoms in total. The van der Waals surface area contributed by atoms with E-state index in [-0.39, 0.29) is 37.2 Å². The first kappa shape index (κ1) is 23.8. The molecule has 0 fully saturated rings. The van der Waals surface area contributed by atoms with Crippen LogP contribution in [0, 0.1) is 0 Å². The van der Waals surface area contributed by atoms with Crippen molar-refractivity contribution in [2.75, 3.05) is 26.2 Å². The Labute approximate surface area is 106 Å². The quantitative estimate of drug-likeness (QED) is 0.518. The molecule has 0 amide bonds. The fourth-order valence-electron chi connectivity index (χ4n) is 0.747. The second-order valence-corrected chi connectivity index (χ2v) is 2.34. The zero-order valence-corrected chi connectivity index (χ0v) is 10.8. The van der Waals surface area contributed by atoms with Crippen LogP contribution in [0.15, 0.2) is 25.3 Å². The van der Waals surface area contributed by atoms with Crippen molar-refractivity contribution < 1.29 is 0 Å². The van der Waals surface area contributed by atoms with E-state index < -0.39 is 0 Å². The van der Waals surface area contributed by atoms with Gasteiger partial charge < -0.3 is 10.6 Å². The van der Waals surface area contributed by atoms with E-state index in [1.165, 1.54) is 0 Å². The summed E-state index contributed by atoms with van der Waals surface area (Å²) < 4.78 is 0. The molecule has 0 rings (SSSR count). The van der Waals surface area contributed by atoms with Gasteiger partial charge in [0.25, 0.3) is 0 Å². The van der Waals surface area contributed by atoms with Crippen molar-refractivity contribution in [3.8, 4) is 0 Å². The predicted octanol–water partition coefficient (Wildman–Crippen LogP) is 2.19. The first-order valence-corrected chi connectivity index (χ1v) is 4.05. The average molecular weight is 264 g/mol. The average Bonchev–Trinajstić information content (AvgIpc) is 2.03. The summed E-state index contributed by atoms with van der Waals surface area (Å²) in [5.41, 5.74) is 0. The van der Waals surface area contributed by atoms with E-state index in [4.69, 9.17) is 0 Å². The summed E-state index contributed by atoms with van der Waals surface area (Å²) >= 11 is 0. The molecule has 0 aliphatic heterocycles.